The van der Waals surface area contributed by atoms with Crippen LogP contribution in [-0.2, 0) is 14.3 Å². The summed E-state index contributed by atoms with van der Waals surface area (Å²) >= 11 is 0. The molecule has 1 rings (SSSR count). The van der Waals surface area contributed by atoms with E-state index < -0.39 is 11.0 Å². The zero-order chi connectivity index (χ0) is 16.7. The molecule has 0 heterocycles. The number of nitrogens with zero attached hydrogens (tertiary/aromatic N) is 1. The number of ether oxygens (including phenoxy) is 1. The van der Waals surface area contributed by atoms with Crippen molar-refractivity contribution < 1.29 is 14.3 Å². The number of carbonyl (C=O) groups is 2. The monoisotopic (exact) mass is 297 g/mol. The van der Waals surface area contributed by atoms with Gasteiger partial charge in [-0.3, -0.25) is 15.0 Å². The van der Waals surface area contributed by atoms with Crippen molar-refractivity contribution >= 4 is 18.1 Å². The van der Waals surface area contributed by atoms with E-state index in [0.29, 0.717) is 0 Å². The van der Waals surface area contributed by atoms with E-state index in [1.165, 1.54) is 0 Å². The van der Waals surface area contributed by atoms with Crippen molar-refractivity contribution in [1.29, 1.82) is 5.41 Å². The van der Waals surface area contributed by atoms with Crippen LogP contribution in [0.4, 0.5) is 0 Å². The fraction of sp³-hybridized carbons (Fsp3) is 0.667. The Morgan fingerprint density at radius 2 is 1.81 bits per heavy atom. The number of esters is 1. The SMILES string of the molecule is CN(C)/C=C/C(=O)C1(CC(=O)OC(C)(C)C)CC1.N=CN. The first-order valence-corrected chi connectivity index (χ1v) is 6.88. The van der Waals surface area contributed by atoms with Crippen LogP contribution in [0.2, 0.25) is 0 Å². The number of allylic oxidation sites excluding steroid dienone is 1. The number of ketones is 1. The van der Waals surface area contributed by atoms with Gasteiger partial charge in [-0.05, 0) is 39.7 Å². The van der Waals surface area contributed by atoms with Gasteiger partial charge in [-0.1, -0.05) is 0 Å². The topological polar surface area (TPSA) is 96.5 Å². The first kappa shape index (κ1) is 19.1. The highest BCUT2D eigenvalue weighted by molar-refractivity contribution is 5.99. The van der Waals surface area contributed by atoms with Gasteiger partial charge >= 0.3 is 5.97 Å². The Kier molecular flexibility index (Phi) is 7.12. The summed E-state index contributed by atoms with van der Waals surface area (Å²) < 4.78 is 5.26. The molecule has 1 fully saturated rings. The second-order valence-corrected chi connectivity index (χ2v) is 6.35. The van der Waals surface area contributed by atoms with Crippen molar-refractivity contribution in [2.45, 2.75) is 45.6 Å². The molecule has 6 nitrogen and oxygen atoms in total. The maximum absolute atomic E-state index is 12.0. The van der Waals surface area contributed by atoms with Crippen LogP contribution >= 0.6 is 0 Å². The molecule has 0 amide bonds. The molecule has 120 valence electrons. The standard InChI is InChI=1S/C14H23NO3.CH4N2/c1-13(2,3)18-12(17)10-14(7-8-14)11(16)6-9-15(4)5;2-1-3/h6,9H,7-8,10H2,1-5H3;1H,(H3,2,3)/b9-6+;. The highest BCUT2D eigenvalue weighted by Gasteiger charge is 2.50. The Morgan fingerprint density at radius 1 is 1.33 bits per heavy atom. The third-order valence-electron chi connectivity index (χ3n) is 2.80. The van der Waals surface area contributed by atoms with E-state index in [0.717, 1.165) is 19.2 Å². The molecule has 0 bridgehead atoms. The van der Waals surface area contributed by atoms with Gasteiger partial charge in [0, 0.05) is 25.7 Å². The van der Waals surface area contributed by atoms with Crippen molar-refractivity contribution in [1.82, 2.24) is 4.90 Å². The molecule has 0 radical (unpaired) electrons. The van der Waals surface area contributed by atoms with Crippen LogP contribution < -0.4 is 5.73 Å². The van der Waals surface area contributed by atoms with Gasteiger partial charge in [0.05, 0.1) is 12.8 Å². The van der Waals surface area contributed by atoms with E-state index in [2.05, 4.69) is 5.73 Å². The number of carbonyl (C=O) groups excluding carboxylic acids is 2. The van der Waals surface area contributed by atoms with Crippen molar-refractivity contribution in [3.05, 3.63) is 12.3 Å². The number of nitrogens with one attached hydrogen (secondary N) is 1. The zero-order valence-corrected chi connectivity index (χ0v) is 13.6. The first-order chi connectivity index (χ1) is 9.56. The smallest absolute Gasteiger partial charge is 0.307 e. The van der Waals surface area contributed by atoms with Crippen LogP contribution in [-0.4, -0.2) is 42.7 Å². The maximum atomic E-state index is 12.0. The molecule has 0 aliphatic heterocycles. The second kappa shape index (κ2) is 7.81. The highest BCUT2D eigenvalue weighted by Crippen LogP contribution is 2.50. The van der Waals surface area contributed by atoms with Crippen LogP contribution in [0.25, 0.3) is 0 Å². The molecule has 0 aromatic carbocycles. The molecule has 0 unspecified atom stereocenters. The summed E-state index contributed by atoms with van der Waals surface area (Å²) in [4.78, 5) is 25.6. The Labute approximate surface area is 126 Å². The quantitative estimate of drug-likeness (QED) is 0.348. The zero-order valence-electron chi connectivity index (χ0n) is 13.6. The average molecular weight is 297 g/mol. The summed E-state index contributed by atoms with van der Waals surface area (Å²) in [7, 11) is 3.72. The van der Waals surface area contributed by atoms with E-state index >= 15 is 0 Å². The molecule has 0 aromatic heterocycles. The van der Waals surface area contributed by atoms with E-state index in [1.807, 2.05) is 34.9 Å². The predicted octanol–water partition coefficient (Wildman–Crippen LogP) is 1.69. The molecule has 1 saturated carbocycles. The Hall–Kier alpha value is -1.85. The third kappa shape index (κ3) is 8.12. The van der Waals surface area contributed by atoms with Crippen LogP contribution in [0, 0.1) is 10.8 Å². The summed E-state index contributed by atoms with van der Waals surface area (Å²) in [6.45, 7) is 5.49. The normalized spacial score (nSPS) is 15.7. The number of rotatable bonds is 5. The van der Waals surface area contributed by atoms with Crippen LogP contribution in [0.3, 0.4) is 0 Å². The van der Waals surface area contributed by atoms with Crippen molar-refractivity contribution in [2.75, 3.05) is 14.1 Å². The van der Waals surface area contributed by atoms with Gasteiger partial charge in [0.15, 0.2) is 5.78 Å². The molecule has 0 spiro atoms. The van der Waals surface area contributed by atoms with E-state index in [9.17, 15) is 9.59 Å². The molecule has 1 aliphatic rings. The van der Waals surface area contributed by atoms with Gasteiger partial charge in [-0.15, -0.1) is 0 Å². The highest BCUT2D eigenvalue weighted by atomic mass is 16.6. The van der Waals surface area contributed by atoms with Crippen molar-refractivity contribution in [2.24, 2.45) is 11.1 Å². The van der Waals surface area contributed by atoms with Gasteiger partial charge in [-0.2, -0.15) is 0 Å². The molecular weight excluding hydrogens is 270 g/mol. The summed E-state index contributed by atoms with van der Waals surface area (Å²) in [5.41, 5.74) is 3.41. The van der Waals surface area contributed by atoms with Gasteiger partial charge in [0.25, 0.3) is 0 Å². The van der Waals surface area contributed by atoms with Gasteiger partial charge < -0.3 is 15.4 Å². The number of hydrogen-bond donors (Lipinski definition) is 2. The van der Waals surface area contributed by atoms with Crippen LogP contribution in [0.5, 0.6) is 0 Å². The minimum absolute atomic E-state index is 0.0297. The second-order valence-electron chi connectivity index (χ2n) is 6.35. The molecule has 6 heteroatoms. The van der Waals surface area contributed by atoms with Crippen LogP contribution in [0.1, 0.15) is 40.0 Å². The Balaban J connectivity index is 0.00000122. The van der Waals surface area contributed by atoms with E-state index in [4.69, 9.17) is 10.1 Å². The first-order valence-electron chi connectivity index (χ1n) is 6.88. The van der Waals surface area contributed by atoms with Gasteiger partial charge in [-0.25, -0.2) is 0 Å². The summed E-state index contributed by atoms with van der Waals surface area (Å²) in [5.74, 6) is -0.256. The number of nitrogens with two attached hydrogens (primary N) is 1. The summed E-state index contributed by atoms with van der Waals surface area (Å²) in [6.07, 6.45) is 5.78. The molecule has 3 N–H and O–H groups in total. The van der Waals surface area contributed by atoms with Crippen LogP contribution in [0.15, 0.2) is 12.3 Å². The molecule has 0 atom stereocenters. The Bertz CT molecular complexity index is 405. The maximum Gasteiger partial charge on any atom is 0.307 e. The summed E-state index contributed by atoms with van der Waals surface area (Å²) in [6, 6.07) is 0. The minimum Gasteiger partial charge on any atom is -0.460 e. The summed E-state index contributed by atoms with van der Waals surface area (Å²) in [5, 5.41) is 5.86. The van der Waals surface area contributed by atoms with Crippen molar-refractivity contribution in [3.63, 3.8) is 0 Å². The molecule has 0 saturated heterocycles. The molecular formula is C15H27N3O3. The fourth-order valence-corrected chi connectivity index (χ4v) is 1.71. The van der Waals surface area contributed by atoms with E-state index in [1.54, 1.807) is 17.2 Å². The third-order valence-corrected chi connectivity index (χ3v) is 2.80. The van der Waals surface area contributed by atoms with Gasteiger partial charge in [0.2, 0.25) is 0 Å². The molecule has 1 aliphatic carbocycles. The molecule has 21 heavy (non-hydrogen) atoms. The lowest BCUT2D eigenvalue weighted by atomic mass is 9.96. The fourth-order valence-electron chi connectivity index (χ4n) is 1.71. The lowest BCUT2D eigenvalue weighted by Crippen LogP contribution is -2.27. The largest absolute Gasteiger partial charge is 0.460 e. The van der Waals surface area contributed by atoms with Crippen molar-refractivity contribution in [3.8, 4) is 0 Å². The lowest BCUT2D eigenvalue weighted by Gasteiger charge is -2.21. The van der Waals surface area contributed by atoms with Gasteiger partial charge in [0.1, 0.15) is 5.60 Å². The lowest BCUT2D eigenvalue weighted by molar-refractivity contribution is -0.157. The van der Waals surface area contributed by atoms with E-state index in [-0.39, 0.29) is 18.2 Å². The predicted molar refractivity (Wildman–Crippen MR) is 82.9 cm³/mol. The molecule has 0 aromatic rings. The Morgan fingerprint density at radius 3 is 2.14 bits per heavy atom. The minimum atomic E-state index is -0.491. The average Bonchev–Trinajstić information content (AvgIpc) is 3.05. The number of hydrogen-bond acceptors (Lipinski definition) is 5.